The third-order valence-corrected chi connectivity index (χ3v) is 4.69. The first-order valence-corrected chi connectivity index (χ1v) is 8.16. The first-order valence-electron chi connectivity index (χ1n) is 8.16. The van der Waals surface area contributed by atoms with E-state index in [0.29, 0.717) is 6.04 Å². The fourth-order valence-corrected chi connectivity index (χ4v) is 3.17. The molecule has 1 N–H and O–H groups in total. The average Bonchev–Trinajstić information content (AvgIpc) is 2.74. The molecular weight excluding hydrogens is 244 g/mol. The van der Waals surface area contributed by atoms with E-state index in [9.17, 15) is 0 Å². The van der Waals surface area contributed by atoms with Gasteiger partial charge in [0.05, 0.1) is 0 Å². The lowest BCUT2D eigenvalue weighted by atomic mass is 9.93. The lowest BCUT2D eigenvalue weighted by Crippen LogP contribution is -2.32. The molecule has 0 saturated heterocycles. The number of rotatable bonds is 5. The van der Waals surface area contributed by atoms with Crippen LogP contribution in [-0.4, -0.2) is 20.1 Å². The van der Waals surface area contributed by atoms with E-state index in [2.05, 4.69) is 55.5 Å². The molecule has 0 heterocycles. The maximum atomic E-state index is 3.73. The van der Waals surface area contributed by atoms with Crippen molar-refractivity contribution in [3.63, 3.8) is 0 Å². The van der Waals surface area contributed by atoms with Crippen LogP contribution in [0.3, 0.4) is 0 Å². The monoisotopic (exact) mass is 274 g/mol. The van der Waals surface area contributed by atoms with Gasteiger partial charge < -0.3 is 10.2 Å². The molecule has 20 heavy (non-hydrogen) atoms. The Bertz CT molecular complexity index is 375. The Kier molecular flexibility index (Phi) is 5.90. The highest BCUT2D eigenvalue weighted by molar-refractivity contribution is 5.45. The van der Waals surface area contributed by atoms with Crippen LogP contribution in [0, 0.1) is 5.92 Å². The summed E-state index contributed by atoms with van der Waals surface area (Å²) in [6, 6.07) is 9.52. The molecule has 112 valence electrons. The number of nitrogens with zero attached hydrogens (tertiary/aromatic N) is 1. The van der Waals surface area contributed by atoms with E-state index >= 15 is 0 Å². The van der Waals surface area contributed by atoms with Crippen molar-refractivity contribution in [3.8, 4) is 0 Å². The summed E-state index contributed by atoms with van der Waals surface area (Å²) in [5.41, 5.74) is 2.65. The Balaban J connectivity index is 1.81. The fraction of sp³-hybridized carbons (Fsp3) is 0.667. The summed E-state index contributed by atoms with van der Waals surface area (Å²) in [5, 5.41) is 3.73. The van der Waals surface area contributed by atoms with Crippen LogP contribution >= 0.6 is 0 Å². The van der Waals surface area contributed by atoms with Crippen LogP contribution in [-0.2, 0) is 6.54 Å². The van der Waals surface area contributed by atoms with Crippen LogP contribution in [0.5, 0.6) is 0 Å². The zero-order valence-electron chi connectivity index (χ0n) is 13.4. The van der Waals surface area contributed by atoms with Crippen LogP contribution in [0.4, 0.5) is 5.69 Å². The van der Waals surface area contributed by atoms with E-state index < -0.39 is 0 Å². The summed E-state index contributed by atoms with van der Waals surface area (Å²) in [6.07, 6.45) is 8.55. The molecule has 1 aromatic carbocycles. The minimum absolute atomic E-state index is 0.640. The molecule has 2 heteroatoms. The van der Waals surface area contributed by atoms with Gasteiger partial charge in [0.1, 0.15) is 0 Å². The summed E-state index contributed by atoms with van der Waals surface area (Å²) in [4.78, 5) is 2.14. The average molecular weight is 274 g/mol. The molecule has 1 aliphatic rings. The van der Waals surface area contributed by atoms with E-state index in [1.165, 1.54) is 49.8 Å². The van der Waals surface area contributed by atoms with Crippen molar-refractivity contribution >= 4 is 5.69 Å². The smallest absolute Gasteiger partial charge is 0.0361 e. The molecule has 1 saturated carbocycles. The van der Waals surface area contributed by atoms with Crippen molar-refractivity contribution in [1.29, 1.82) is 0 Å². The van der Waals surface area contributed by atoms with Gasteiger partial charge in [0.2, 0.25) is 0 Å². The molecule has 0 aromatic heterocycles. The number of nitrogens with one attached hydrogen (secondary N) is 1. The molecule has 1 aromatic rings. The molecule has 0 spiro atoms. The maximum absolute atomic E-state index is 3.73. The van der Waals surface area contributed by atoms with Gasteiger partial charge in [0, 0.05) is 32.4 Å². The molecule has 0 amide bonds. The third kappa shape index (κ3) is 4.52. The highest BCUT2D eigenvalue weighted by Gasteiger charge is 2.18. The summed E-state index contributed by atoms with van der Waals surface area (Å²) >= 11 is 0. The van der Waals surface area contributed by atoms with Gasteiger partial charge in [-0.2, -0.15) is 0 Å². The summed E-state index contributed by atoms with van der Waals surface area (Å²) in [7, 11) is 4.17. The highest BCUT2D eigenvalue weighted by atomic mass is 15.1. The lowest BCUT2D eigenvalue weighted by molar-refractivity contribution is 0.336. The Morgan fingerprint density at radius 1 is 1.05 bits per heavy atom. The van der Waals surface area contributed by atoms with Gasteiger partial charge in [-0.05, 0) is 43.4 Å². The number of hydrogen-bond acceptors (Lipinski definition) is 2. The summed E-state index contributed by atoms with van der Waals surface area (Å²) in [5.74, 6) is 0.874. The first kappa shape index (κ1) is 15.4. The minimum Gasteiger partial charge on any atom is -0.378 e. The van der Waals surface area contributed by atoms with E-state index in [-0.39, 0.29) is 0 Å². The Labute approximate surface area is 124 Å². The van der Waals surface area contributed by atoms with E-state index in [1.807, 2.05) is 0 Å². The second kappa shape index (κ2) is 7.68. The molecule has 0 unspecified atom stereocenters. The van der Waals surface area contributed by atoms with Gasteiger partial charge in [-0.1, -0.05) is 37.8 Å². The third-order valence-electron chi connectivity index (χ3n) is 4.69. The molecular formula is C18H30N2. The quantitative estimate of drug-likeness (QED) is 0.810. The van der Waals surface area contributed by atoms with Crippen molar-refractivity contribution in [2.24, 2.45) is 5.92 Å². The SMILES string of the molecule is C[C@@H](NCc1ccc(N(C)C)cc1)C1CCCCCC1. The van der Waals surface area contributed by atoms with Gasteiger partial charge in [0.25, 0.3) is 0 Å². The standard InChI is InChI=1S/C18H30N2/c1-15(17-8-6-4-5-7-9-17)19-14-16-10-12-18(13-11-16)20(2)3/h10-13,15,17,19H,4-9,14H2,1-3H3/t15-/m1/s1. The van der Waals surface area contributed by atoms with Crippen molar-refractivity contribution in [3.05, 3.63) is 29.8 Å². The maximum Gasteiger partial charge on any atom is 0.0361 e. The van der Waals surface area contributed by atoms with E-state index in [0.717, 1.165) is 12.5 Å². The predicted octanol–water partition coefficient (Wildman–Crippen LogP) is 4.20. The van der Waals surface area contributed by atoms with E-state index in [4.69, 9.17) is 0 Å². The number of hydrogen-bond donors (Lipinski definition) is 1. The van der Waals surface area contributed by atoms with Gasteiger partial charge in [-0.3, -0.25) is 0 Å². The number of benzene rings is 1. The van der Waals surface area contributed by atoms with Gasteiger partial charge in [0.15, 0.2) is 0 Å². The van der Waals surface area contributed by atoms with E-state index in [1.54, 1.807) is 0 Å². The summed E-state index contributed by atoms with van der Waals surface area (Å²) < 4.78 is 0. The van der Waals surface area contributed by atoms with Crippen LogP contribution in [0.25, 0.3) is 0 Å². The highest BCUT2D eigenvalue weighted by Crippen LogP contribution is 2.25. The largest absolute Gasteiger partial charge is 0.378 e. The van der Waals surface area contributed by atoms with Crippen LogP contribution in [0.2, 0.25) is 0 Å². The second-order valence-corrected chi connectivity index (χ2v) is 6.48. The Morgan fingerprint density at radius 3 is 2.20 bits per heavy atom. The normalized spacial score (nSPS) is 18.6. The van der Waals surface area contributed by atoms with Crippen molar-refractivity contribution < 1.29 is 0 Å². The van der Waals surface area contributed by atoms with Crippen molar-refractivity contribution in [1.82, 2.24) is 5.32 Å². The van der Waals surface area contributed by atoms with Crippen molar-refractivity contribution in [2.45, 2.75) is 58.0 Å². The molecule has 1 fully saturated rings. The second-order valence-electron chi connectivity index (χ2n) is 6.48. The molecule has 1 aliphatic carbocycles. The van der Waals surface area contributed by atoms with Gasteiger partial charge in [-0.25, -0.2) is 0 Å². The molecule has 2 rings (SSSR count). The van der Waals surface area contributed by atoms with Crippen LogP contribution in [0.1, 0.15) is 51.0 Å². The predicted molar refractivity (Wildman–Crippen MR) is 88.3 cm³/mol. The zero-order chi connectivity index (χ0) is 14.4. The zero-order valence-corrected chi connectivity index (χ0v) is 13.4. The molecule has 0 aliphatic heterocycles. The molecule has 1 atom stereocenters. The Hall–Kier alpha value is -1.02. The lowest BCUT2D eigenvalue weighted by Gasteiger charge is -2.24. The Morgan fingerprint density at radius 2 is 1.65 bits per heavy atom. The van der Waals surface area contributed by atoms with Crippen molar-refractivity contribution in [2.75, 3.05) is 19.0 Å². The number of anilines is 1. The molecule has 2 nitrogen and oxygen atoms in total. The van der Waals surface area contributed by atoms with Gasteiger partial charge >= 0.3 is 0 Å². The minimum atomic E-state index is 0.640. The first-order chi connectivity index (χ1) is 9.66. The van der Waals surface area contributed by atoms with Gasteiger partial charge in [-0.15, -0.1) is 0 Å². The topological polar surface area (TPSA) is 15.3 Å². The molecule has 0 bridgehead atoms. The summed E-state index contributed by atoms with van der Waals surface area (Å²) in [6.45, 7) is 3.36. The van der Waals surface area contributed by atoms with Crippen LogP contribution < -0.4 is 10.2 Å². The molecule has 0 radical (unpaired) electrons. The fourth-order valence-electron chi connectivity index (χ4n) is 3.17. The van der Waals surface area contributed by atoms with Crippen LogP contribution in [0.15, 0.2) is 24.3 Å².